The lowest BCUT2D eigenvalue weighted by Crippen LogP contribution is -1.98. The van der Waals surface area contributed by atoms with E-state index in [1.807, 2.05) is 31.2 Å². The molecule has 0 spiro atoms. The van der Waals surface area contributed by atoms with Gasteiger partial charge in [0.15, 0.2) is 0 Å². The second-order valence-electron chi connectivity index (χ2n) is 4.81. The number of benzene rings is 2. The van der Waals surface area contributed by atoms with E-state index in [0.717, 1.165) is 23.4 Å². The van der Waals surface area contributed by atoms with Crippen molar-refractivity contribution in [3.8, 4) is 5.75 Å². The van der Waals surface area contributed by atoms with Gasteiger partial charge in [0.25, 0.3) is 0 Å². The normalized spacial score (nSPS) is 10.8. The Bertz CT molecular complexity index is 713. The first-order valence-electron chi connectivity index (χ1n) is 6.83. The molecule has 0 aliphatic carbocycles. The van der Waals surface area contributed by atoms with Crippen LogP contribution in [-0.4, -0.2) is 11.2 Å². The molecule has 0 unspecified atom stereocenters. The fourth-order valence-electron chi connectivity index (χ4n) is 2.43. The third-order valence-electron chi connectivity index (χ3n) is 3.41. The summed E-state index contributed by atoms with van der Waals surface area (Å²) in [5.74, 6) is 0.945. The van der Waals surface area contributed by atoms with Crippen LogP contribution in [0.5, 0.6) is 5.75 Å². The van der Waals surface area contributed by atoms with Crippen molar-refractivity contribution in [2.45, 2.75) is 13.5 Å². The van der Waals surface area contributed by atoms with Crippen molar-refractivity contribution in [3.63, 3.8) is 0 Å². The maximum Gasteiger partial charge on any atom is 0.128 e. The number of rotatable bonds is 4. The van der Waals surface area contributed by atoms with Crippen LogP contribution in [0.15, 0.2) is 54.7 Å². The Morgan fingerprint density at radius 3 is 2.60 bits per heavy atom. The van der Waals surface area contributed by atoms with E-state index >= 15 is 0 Å². The number of nitrogens with zero attached hydrogens (tertiary/aromatic N) is 1. The smallest absolute Gasteiger partial charge is 0.128 e. The highest BCUT2D eigenvalue weighted by Gasteiger charge is 2.06. The molecule has 0 saturated heterocycles. The Hall–Kier alpha value is -2.42. The minimum Gasteiger partial charge on any atom is -0.493 e. The molecule has 0 saturated carbocycles. The van der Waals surface area contributed by atoms with Crippen molar-refractivity contribution in [1.29, 1.82) is 0 Å². The molecule has 0 atom stereocenters. The zero-order valence-electron chi connectivity index (χ0n) is 11.5. The van der Waals surface area contributed by atoms with Gasteiger partial charge >= 0.3 is 0 Å². The summed E-state index contributed by atoms with van der Waals surface area (Å²) in [5.41, 5.74) is 8.94. The molecule has 0 aliphatic rings. The standard InChI is InChI=1S/C17H18N2O/c1-2-20-17-5-3-4-16-15(17)10-11-19(16)12-13-6-8-14(18)9-7-13/h3-11H,2,12,18H2,1H3. The highest BCUT2D eigenvalue weighted by molar-refractivity contribution is 5.86. The minimum absolute atomic E-state index is 0.683. The van der Waals surface area contributed by atoms with E-state index < -0.39 is 0 Å². The quantitative estimate of drug-likeness (QED) is 0.732. The van der Waals surface area contributed by atoms with E-state index in [1.165, 1.54) is 11.1 Å². The van der Waals surface area contributed by atoms with Gasteiger partial charge in [-0.25, -0.2) is 0 Å². The van der Waals surface area contributed by atoms with Gasteiger partial charge in [-0.15, -0.1) is 0 Å². The Morgan fingerprint density at radius 2 is 1.85 bits per heavy atom. The molecule has 3 aromatic rings. The van der Waals surface area contributed by atoms with Gasteiger partial charge in [0.2, 0.25) is 0 Å². The summed E-state index contributed by atoms with van der Waals surface area (Å²) in [6.07, 6.45) is 2.10. The number of nitrogen functional groups attached to an aromatic ring is 1. The minimum atomic E-state index is 0.683. The van der Waals surface area contributed by atoms with Crippen molar-refractivity contribution < 1.29 is 4.74 Å². The maximum absolute atomic E-state index is 5.72. The predicted octanol–water partition coefficient (Wildman–Crippen LogP) is 3.67. The highest BCUT2D eigenvalue weighted by Crippen LogP contribution is 2.27. The maximum atomic E-state index is 5.72. The van der Waals surface area contributed by atoms with Crippen LogP contribution in [0, 0.1) is 0 Å². The van der Waals surface area contributed by atoms with E-state index in [2.05, 4.69) is 35.0 Å². The van der Waals surface area contributed by atoms with Crippen molar-refractivity contribution in [1.82, 2.24) is 4.57 Å². The molecule has 3 heteroatoms. The van der Waals surface area contributed by atoms with Crippen LogP contribution in [0.4, 0.5) is 5.69 Å². The molecule has 1 aromatic heterocycles. The van der Waals surface area contributed by atoms with Crippen molar-refractivity contribution in [3.05, 3.63) is 60.3 Å². The lowest BCUT2D eigenvalue weighted by atomic mass is 10.2. The van der Waals surface area contributed by atoms with E-state index in [4.69, 9.17) is 10.5 Å². The summed E-state index contributed by atoms with van der Waals surface area (Å²) in [4.78, 5) is 0. The molecule has 1 heterocycles. The average Bonchev–Trinajstić information content (AvgIpc) is 2.86. The molecule has 0 bridgehead atoms. The van der Waals surface area contributed by atoms with Gasteiger partial charge in [-0.05, 0) is 42.8 Å². The molecule has 0 radical (unpaired) electrons. The van der Waals surface area contributed by atoms with Crippen molar-refractivity contribution >= 4 is 16.6 Å². The van der Waals surface area contributed by atoms with Gasteiger partial charge in [0.1, 0.15) is 5.75 Å². The van der Waals surface area contributed by atoms with Gasteiger partial charge in [-0.2, -0.15) is 0 Å². The van der Waals surface area contributed by atoms with E-state index in [1.54, 1.807) is 0 Å². The van der Waals surface area contributed by atoms with Crippen LogP contribution in [-0.2, 0) is 6.54 Å². The second kappa shape index (κ2) is 5.29. The van der Waals surface area contributed by atoms with Crippen LogP contribution < -0.4 is 10.5 Å². The molecule has 0 aliphatic heterocycles. The number of anilines is 1. The van der Waals surface area contributed by atoms with Gasteiger partial charge in [-0.3, -0.25) is 0 Å². The summed E-state index contributed by atoms with van der Waals surface area (Å²) < 4.78 is 7.89. The SMILES string of the molecule is CCOc1cccc2c1ccn2Cc1ccc(N)cc1. The first kappa shape index (κ1) is 12.6. The van der Waals surface area contributed by atoms with E-state index in [-0.39, 0.29) is 0 Å². The van der Waals surface area contributed by atoms with Gasteiger partial charge < -0.3 is 15.0 Å². The largest absolute Gasteiger partial charge is 0.493 e. The molecule has 102 valence electrons. The Balaban J connectivity index is 1.96. The van der Waals surface area contributed by atoms with Crippen molar-refractivity contribution in [2.24, 2.45) is 0 Å². The van der Waals surface area contributed by atoms with E-state index in [9.17, 15) is 0 Å². The fourth-order valence-corrected chi connectivity index (χ4v) is 2.43. The molecule has 0 amide bonds. The fraction of sp³-hybridized carbons (Fsp3) is 0.176. The second-order valence-corrected chi connectivity index (χ2v) is 4.81. The topological polar surface area (TPSA) is 40.2 Å². The Labute approximate surface area is 118 Å². The van der Waals surface area contributed by atoms with Crippen LogP contribution in [0.1, 0.15) is 12.5 Å². The zero-order valence-corrected chi connectivity index (χ0v) is 11.5. The number of hydrogen-bond acceptors (Lipinski definition) is 2. The number of fused-ring (bicyclic) bond motifs is 1. The molecular formula is C17H18N2O. The molecule has 20 heavy (non-hydrogen) atoms. The molecule has 3 rings (SSSR count). The van der Waals surface area contributed by atoms with Crippen molar-refractivity contribution in [2.75, 3.05) is 12.3 Å². The summed E-state index contributed by atoms with van der Waals surface area (Å²) in [6.45, 7) is 3.52. The van der Waals surface area contributed by atoms with Gasteiger partial charge in [0.05, 0.1) is 12.1 Å². The Morgan fingerprint density at radius 1 is 1.05 bits per heavy atom. The van der Waals surface area contributed by atoms with Gasteiger partial charge in [0, 0.05) is 23.8 Å². The van der Waals surface area contributed by atoms with E-state index in [0.29, 0.717) is 6.61 Å². The molecular weight excluding hydrogens is 248 g/mol. The first-order valence-corrected chi connectivity index (χ1v) is 6.83. The first-order chi connectivity index (χ1) is 9.78. The summed E-state index contributed by atoms with van der Waals surface area (Å²) >= 11 is 0. The van der Waals surface area contributed by atoms with Crippen LogP contribution in [0.2, 0.25) is 0 Å². The summed E-state index contributed by atoms with van der Waals surface area (Å²) in [6, 6.07) is 16.3. The average molecular weight is 266 g/mol. The van der Waals surface area contributed by atoms with Gasteiger partial charge in [-0.1, -0.05) is 18.2 Å². The zero-order chi connectivity index (χ0) is 13.9. The molecule has 0 fully saturated rings. The number of hydrogen-bond donors (Lipinski definition) is 1. The molecule has 2 aromatic carbocycles. The summed E-state index contributed by atoms with van der Waals surface area (Å²) in [5, 5.41) is 1.16. The third kappa shape index (κ3) is 2.35. The highest BCUT2D eigenvalue weighted by atomic mass is 16.5. The number of nitrogens with two attached hydrogens (primary N) is 1. The predicted molar refractivity (Wildman–Crippen MR) is 83.1 cm³/mol. The van der Waals surface area contributed by atoms with Crippen LogP contribution in [0.25, 0.3) is 10.9 Å². The number of ether oxygens (including phenoxy) is 1. The van der Waals surface area contributed by atoms with Crippen LogP contribution in [0.3, 0.4) is 0 Å². The third-order valence-corrected chi connectivity index (χ3v) is 3.41. The lowest BCUT2D eigenvalue weighted by molar-refractivity contribution is 0.344. The monoisotopic (exact) mass is 266 g/mol. The molecule has 2 N–H and O–H groups in total. The lowest BCUT2D eigenvalue weighted by Gasteiger charge is -2.08. The molecule has 3 nitrogen and oxygen atoms in total. The number of aromatic nitrogens is 1. The summed E-state index contributed by atoms with van der Waals surface area (Å²) in [7, 11) is 0. The Kier molecular flexibility index (Phi) is 3.33. The van der Waals surface area contributed by atoms with Crippen LogP contribution >= 0.6 is 0 Å².